The molecule has 4 heteroatoms. The zero-order valence-electron chi connectivity index (χ0n) is 9.66. The number of anilines is 1. The quantitative estimate of drug-likeness (QED) is 0.811. The lowest BCUT2D eigenvalue weighted by molar-refractivity contribution is 0.411. The minimum Gasteiger partial charge on any atom is -0.496 e. The van der Waals surface area contributed by atoms with Crippen LogP contribution in [0.2, 0.25) is 0 Å². The third-order valence-corrected chi connectivity index (χ3v) is 2.70. The zero-order chi connectivity index (χ0) is 11.7. The number of nitrogens with zero attached hydrogens (tertiary/aromatic N) is 1. The van der Waals surface area contributed by atoms with E-state index in [0.717, 1.165) is 28.0 Å². The molecule has 0 bridgehead atoms. The number of rotatable bonds is 2. The third-order valence-electron chi connectivity index (χ3n) is 2.70. The average molecular weight is 217 g/mol. The van der Waals surface area contributed by atoms with Gasteiger partial charge in [0.2, 0.25) is 0 Å². The number of ether oxygens (including phenoxy) is 1. The van der Waals surface area contributed by atoms with Gasteiger partial charge in [-0.15, -0.1) is 0 Å². The first-order valence-corrected chi connectivity index (χ1v) is 5.08. The molecular weight excluding hydrogens is 202 g/mol. The molecule has 2 aromatic rings. The number of hydrogen-bond donors (Lipinski definition) is 2. The number of H-pyrrole nitrogens is 1. The molecule has 1 heterocycles. The van der Waals surface area contributed by atoms with Gasteiger partial charge in [0.15, 0.2) is 0 Å². The maximum absolute atomic E-state index is 5.81. The van der Waals surface area contributed by atoms with Crippen molar-refractivity contribution in [3.05, 3.63) is 29.5 Å². The van der Waals surface area contributed by atoms with Gasteiger partial charge >= 0.3 is 0 Å². The van der Waals surface area contributed by atoms with Gasteiger partial charge in [0.25, 0.3) is 0 Å². The summed E-state index contributed by atoms with van der Waals surface area (Å²) in [7, 11) is 1.67. The van der Waals surface area contributed by atoms with Crippen LogP contribution in [0.1, 0.15) is 11.1 Å². The minimum absolute atomic E-state index is 0.590. The van der Waals surface area contributed by atoms with Crippen molar-refractivity contribution in [1.29, 1.82) is 0 Å². The smallest absolute Gasteiger partial charge is 0.126 e. The van der Waals surface area contributed by atoms with Crippen molar-refractivity contribution in [2.75, 3.05) is 12.8 Å². The van der Waals surface area contributed by atoms with Crippen LogP contribution in [0.3, 0.4) is 0 Å². The highest BCUT2D eigenvalue weighted by atomic mass is 16.5. The topological polar surface area (TPSA) is 63.9 Å². The summed E-state index contributed by atoms with van der Waals surface area (Å²) in [6.07, 6.45) is 1.74. The predicted octanol–water partition coefficient (Wildman–Crippen LogP) is 2.28. The van der Waals surface area contributed by atoms with E-state index in [1.807, 2.05) is 19.9 Å². The number of hydrogen-bond acceptors (Lipinski definition) is 3. The zero-order valence-corrected chi connectivity index (χ0v) is 9.66. The van der Waals surface area contributed by atoms with Gasteiger partial charge in [-0.2, -0.15) is 5.10 Å². The van der Waals surface area contributed by atoms with Crippen molar-refractivity contribution >= 4 is 5.82 Å². The second-order valence-corrected chi connectivity index (χ2v) is 3.83. The van der Waals surface area contributed by atoms with Gasteiger partial charge in [-0.25, -0.2) is 0 Å². The fourth-order valence-electron chi connectivity index (χ4n) is 1.81. The Bertz CT molecular complexity index is 517. The van der Waals surface area contributed by atoms with E-state index in [2.05, 4.69) is 16.3 Å². The van der Waals surface area contributed by atoms with Crippen LogP contribution in [0.25, 0.3) is 11.1 Å². The van der Waals surface area contributed by atoms with Crippen LogP contribution in [0.4, 0.5) is 5.82 Å². The predicted molar refractivity (Wildman–Crippen MR) is 64.5 cm³/mol. The Morgan fingerprint density at radius 3 is 2.50 bits per heavy atom. The van der Waals surface area contributed by atoms with E-state index in [0.29, 0.717) is 5.82 Å². The minimum atomic E-state index is 0.590. The van der Waals surface area contributed by atoms with E-state index in [1.165, 1.54) is 0 Å². The molecule has 0 fully saturated rings. The van der Waals surface area contributed by atoms with Gasteiger partial charge < -0.3 is 10.5 Å². The number of benzene rings is 1. The van der Waals surface area contributed by atoms with Gasteiger partial charge in [-0.3, -0.25) is 5.10 Å². The molecule has 3 N–H and O–H groups in total. The fourth-order valence-corrected chi connectivity index (χ4v) is 1.81. The molecular formula is C12H15N3O. The van der Waals surface area contributed by atoms with Gasteiger partial charge in [-0.1, -0.05) is 0 Å². The normalized spacial score (nSPS) is 10.4. The number of nitrogens with two attached hydrogens (primary N) is 1. The lowest BCUT2D eigenvalue weighted by Crippen LogP contribution is -1.93. The van der Waals surface area contributed by atoms with E-state index >= 15 is 0 Å². The lowest BCUT2D eigenvalue weighted by atomic mass is 9.99. The van der Waals surface area contributed by atoms with Crippen LogP contribution in [0.5, 0.6) is 5.75 Å². The van der Waals surface area contributed by atoms with E-state index < -0.39 is 0 Å². The van der Waals surface area contributed by atoms with Crippen molar-refractivity contribution in [1.82, 2.24) is 10.2 Å². The van der Waals surface area contributed by atoms with Crippen LogP contribution in [0, 0.1) is 13.8 Å². The summed E-state index contributed by atoms with van der Waals surface area (Å²) >= 11 is 0. The molecule has 0 aliphatic carbocycles. The Morgan fingerprint density at radius 2 is 1.94 bits per heavy atom. The molecule has 0 spiro atoms. The van der Waals surface area contributed by atoms with E-state index in [9.17, 15) is 0 Å². The van der Waals surface area contributed by atoms with E-state index in [1.54, 1.807) is 13.3 Å². The first-order chi connectivity index (χ1) is 7.63. The SMILES string of the molecule is COc1cc(C)c(-c2cn[nH]c2N)cc1C. The van der Waals surface area contributed by atoms with Crippen LogP contribution in [0.15, 0.2) is 18.3 Å². The van der Waals surface area contributed by atoms with Gasteiger partial charge in [0.1, 0.15) is 11.6 Å². The van der Waals surface area contributed by atoms with Gasteiger partial charge in [-0.05, 0) is 42.7 Å². The molecule has 0 aliphatic rings. The third kappa shape index (κ3) is 1.62. The highest BCUT2D eigenvalue weighted by molar-refractivity contribution is 5.76. The molecule has 0 aliphatic heterocycles. The number of aryl methyl sites for hydroxylation is 2. The second kappa shape index (κ2) is 3.89. The van der Waals surface area contributed by atoms with Crippen molar-refractivity contribution < 1.29 is 4.74 Å². The van der Waals surface area contributed by atoms with Gasteiger partial charge in [0, 0.05) is 5.56 Å². The lowest BCUT2D eigenvalue weighted by Gasteiger charge is -2.10. The summed E-state index contributed by atoms with van der Waals surface area (Å²) in [5, 5.41) is 6.67. The highest BCUT2D eigenvalue weighted by Gasteiger charge is 2.10. The molecule has 0 amide bonds. The Morgan fingerprint density at radius 1 is 1.19 bits per heavy atom. The first-order valence-electron chi connectivity index (χ1n) is 5.08. The number of aromatic amines is 1. The summed E-state index contributed by atoms with van der Waals surface area (Å²) in [5.74, 6) is 1.48. The molecule has 2 rings (SSSR count). The number of nitrogens with one attached hydrogen (secondary N) is 1. The number of nitrogen functional groups attached to an aromatic ring is 1. The Balaban J connectivity index is 2.59. The molecule has 16 heavy (non-hydrogen) atoms. The molecule has 1 aromatic heterocycles. The molecule has 0 unspecified atom stereocenters. The summed E-state index contributed by atoms with van der Waals surface area (Å²) in [4.78, 5) is 0. The first kappa shape index (κ1) is 10.5. The molecule has 0 saturated carbocycles. The van der Waals surface area contributed by atoms with Crippen LogP contribution in [-0.2, 0) is 0 Å². The van der Waals surface area contributed by atoms with E-state index in [4.69, 9.17) is 10.5 Å². The Kier molecular flexibility index (Phi) is 2.56. The average Bonchev–Trinajstić information content (AvgIpc) is 2.67. The molecule has 0 saturated heterocycles. The van der Waals surface area contributed by atoms with Crippen LogP contribution < -0.4 is 10.5 Å². The number of methoxy groups -OCH3 is 1. The summed E-state index contributed by atoms with van der Waals surface area (Å²) < 4.78 is 5.27. The molecule has 4 nitrogen and oxygen atoms in total. The van der Waals surface area contributed by atoms with Crippen molar-refractivity contribution in [2.45, 2.75) is 13.8 Å². The van der Waals surface area contributed by atoms with Crippen molar-refractivity contribution in [2.24, 2.45) is 0 Å². The maximum atomic E-state index is 5.81. The summed E-state index contributed by atoms with van der Waals surface area (Å²) in [6.45, 7) is 4.04. The summed E-state index contributed by atoms with van der Waals surface area (Å²) in [5.41, 5.74) is 10.0. The van der Waals surface area contributed by atoms with Crippen molar-refractivity contribution in [3.8, 4) is 16.9 Å². The Hall–Kier alpha value is -1.97. The van der Waals surface area contributed by atoms with E-state index in [-0.39, 0.29) is 0 Å². The maximum Gasteiger partial charge on any atom is 0.126 e. The van der Waals surface area contributed by atoms with Crippen LogP contribution in [-0.4, -0.2) is 17.3 Å². The summed E-state index contributed by atoms with van der Waals surface area (Å²) in [6, 6.07) is 4.08. The molecule has 0 radical (unpaired) electrons. The number of aromatic nitrogens is 2. The Labute approximate surface area is 94.4 Å². The van der Waals surface area contributed by atoms with Crippen LogP contribution >= 0.6 is 0 Å². The molecule has 84 valence electrons. The standard InChI is InChI=1S/C12H15N3O/c1-7-5-11(16-3)8(2)4-9(7)10-6-14-15-12(10)13/h4-6H,1-3H3,(H3,13,14,15). The fraction of sp³-hybridized carbons (Fsp3) is 0.250. The monoisotopic (exact) mass is 217 g/mol. The molecule has 0 atom stereocenters. The van der Waals surface area contributed by atoms with Crippen molar-refractivity contribution in [3.63, 3.8) is 0 Å². The molecule has 1 aromatic carbocycles. The largest absolute Gasteiger partial charge is 0.496 e. The highest BCUT2D eigenvalue weighted by Crippen LogP contribution is 2.31. The van der Waals surface area contributed by atoms with Gasteiger partial charge in [0.05, 0.1) is 13.3 Å². The second-order valence-electron chi connectivity index (χ2n) is 3.83.